The van der Waals surface area contributed by atoms with Crippen molar-refractivity contribution in [3.63, 3.8) is 0 Å². The van der Waals surface area contributed by atoms with Crippen LogP contribution in [0.4, 0.5) is 5.69 Å². The maximum Gasteiger partial charge on any atom is 0.224 e. The molecule has 0 atom stereocenters. The van der Waals surface area contributed by atoms with Crippen LogP contribution in [0.25, 0.3) is 0 Å². The van der Waals surface area contributed by atoms with Gasteiger partial charge in [-0.1, -0.05) is 36.7 Å². The van der Waals surface area contributed by atoms with Gasteiger partial charge in [-0.2, -0.15) is 0 Å². The minimum atomic E-state index is -0.0350. The van der Waals surface area contributed by atoms with Gasteiger partial charge < -0.3 is 10.1 Å². The van der Waals surface area contributed by atoms with Gasteiger partial charge in [0.1, 0.15) is 5.75 Å². The Morgan fingerprint density at radius 1 is 1.18 bits per heavy atom. The first-order valence-corrected chi connectivity index (χ1v) is 7.82. The van der Waals surface area contributed by atoms with Crippen molar-refractivity contribution in [3.05, 3.63) is 59.1 Å². The van der Waals surface area contributed by atoms with E-state index in [1.807, 2.05) is 18.2 Å². The lowest BCUT2D eigenvalue weighted by Gasteiger charge is -2.08. The number of hydrogen-bond acceptors (Lipinski definition) is 2. The second kappa shape index (κ2) is 8.44. The number of anilines is 1. The standard InChI is InChI=1S/C18H20ClNO2/c1-2-14-8-10-17(11-9-14)22-12-4-7-18(21)20-16-6-3-5-15(19)13-16/h3,5-6,8-11,13H,2,4,7,12H2,1H3,(H,20,21). The first-order chi connectivity index (χ1) is 10.7. The van der Waals surface area contributed by atoms with E-state index < -0.39 is 0 Å². The molecule has 0 aliphatic rings. The third-order valence-corrected chi connectivity index (χ3v) is 3.49. The number of rotatable bonds is 7. The highest BCUT2D eigenvalue weighted by molar-refractivity contribution is 6.30. The highest BCUT2D eigenvalue weighted by Gasteiger charge is 2.03. The van der Waals surface area contributed by atoms with E-state index in [1.54, 1.807) is 18.2 Å². The number of halogens is 1. The monoisotopic (exact) mass is 317 g/mol. The van der Waals surface area contributed by atoms with Crippen molar-refractivity contribution < 1.29 is 9.53 Å². The average Bonchev–Trinajstić information content (AvgIpc) is 2.52. The molecule has 3 nitrogen and oxygen atoms in total. The highest BCUT2D eigenvalue weighted by Crippen LogP contribution is 2.16. The van der Waals surface area contributed by atoms with Crippen molar-refractivity contribution in [2.24, 2.45) is 0 Å². The van der Waals surface area contributed by atoms with E-state index in [2.05, 4.69) is 24.4 Å². The molecule has 0 fully saturated rings. The smallest absolute Gasteiger partial charge is 0.224 e. The Morgan fingerprint density at radius 2 is 1.95 bits per heavy atom. The van der Waals surface area contributed by atoms with Crippen LogP contribution in [-0.4, -0.2) is 12.5 Å². The molecule has 0 aromatic heterocycles. The summed E-state index contributed by atoms with van der Waals surface area (Å²) in [4.78, 5) is 11.8. The number of nitrogens with one attached hydrogen (secondary N) is 1. The van der Waals surface area contributed by atoms with Gasteiger partial charge in [0.05, 0.1) is 6.61 Å². The van der Waals surface area contributed by atoms with E-state index in [4.69, 9.17) is 16.3 Å². The number of benzene rings is 2. The summed E-state index contributed by atoms with van der Waals surface area (Å²) in [5, 5.41) is 3.43. The van der Waals surface area contributed by atoms with Crippen LogP contribution in [0.5, 0.6) is 5.75 Å². The van der Waals surface area contributed by atoms with Crippen molar-refractivity contribution in [1.29, 1.82) is 0 Å². The third kappa shape index (κ3) is 5.41. The van der Waals surface area contributed by atoms with Crippen LogP contribution in [0, 0.1) is 0 Å². The van der Waals surface area contributed by atoms with E-state index in [-0.39, 0.29) is 5.91 Å². The van der Waals surface area contributed by atoms with Gasteiger partial charge in [-0.05, 0) is 48.7 Å². The Balaban J connectivity index is 1.68. The summed E-state index contributed by atoms with van der Waals surface area (Å²) in [7, 11) is 0. The van der Waals surface area contributed by atoms with Crippen LogP contribution in [0.3, 0.4) is 0 Å². The molecule has 0 bridgehead atoms. The number of aryl methyl sites for hydroxylation is 1. The second-order valence-corrected chi connectivity index (χ2v) is 5.44. The van der Waals surface area contributed by atoms with Gasteiger partial charge >= 0.3 is 0 Å². The summed E-state index contributed by atoms with van der Waals surface area (Å²) < 4.78 is 5.62. The fraction of sp³-hybridized carbons (Fsp3) is 0.278. The molecule has 0 unspecified atom stereocenters. The van der Waals surface area contributed by atoms with Gasteiger partial charge in [-0.15, -0.1) is 0 Å². The molecule has 2 rings (SSSR count). The molecule has 0 aliphatic heterocycles. The molecule has 4 heteroatoms. The lowest BCUT2D eigenvalue weighted by atomic mass is 10.2. The summed E-state index contributed by atoms with van der Waals surface area (Å²) in [5.41, 5.74) is 2.00. The Hall–Kier alpha value is -2.00. The summed E-state index contributed by atoms with van der Waals surface area (Å²) in [6.45, 7) is 2.64. The van der Waals surface area contributed by atoms with Crippen LogP contribution in [-0.2, 0) is 11.2 Å². The predicted octanol–water partition coefficient (Wildman–Crippen LogP) is 4.70. The number of carbonyl (C=O) groups excluding carboxylic acids is 1. The third-order valence-electron chi connectivity index (χ3n) is 3.26. The zero-order valence-electron chi connectivity index (χ0n) is 12.6. The minimum Gasteiger partial charge on any atom is -0.494 e. The van der Waals surface area contributed by atoms with Crippen LogP contribution in [0.15, 0.2) is 48.5 Å². The maximum absolute atomic E-state index is 11.8. The van der Waals surface area contributed by atoms with E-state index in [0.29, 0.717) is 30.2 Å². The SMILES string of the molecule is CCc1ccc(OCCCC(=O)Nc2cccc(Cl)c2)cc1. The zero-order valence-corrected chi connectivity index (χ0v) is 13.4. The number of hydrogen-bond donors (Lipinski definition) is 1. The van der Waals surface area contributed by atoms with Crippen molar-refractivity contribution in [3.8, 4) is 5.75 Å². The first kappa shape index (κ1) is 16.4. The van der Waals surface area contributed by atoms with E-state index in [0.717, 1.165) is 12.2 Å². The van der Waals surface area contributed by atoms with Crippen molar-refractivity contribution in [2.45, 2.75) is 26.2 Å². The van der Waals surface area contributed by atoms with E-state index in [9.17, 15) is 4.79 Å². The summed E-state index contributed by atoms with van der Waals surface area (Å²) in [6.07, 6.45) is 2.10. The normalized spacial score (nSPS) is 10.3. The molecule has 2 aromatic rings. The maximum atomic E-state index is 11.8. The van der Waals surface area contributed by atoms with Gasteiger partial charge in [0.15, 0.2) is 0 Å². The Bertz CT molecular complexity index is 611. The number of carbonyl (C=O) groups is 1. The van der Waals surface area contributed by atoms with Crippen LogP contribution in [0.2, 0.25) is 5.02 Å². The molecule has 0 heterocycles. The van der Waals surface area contributed by atoms with Gasteiger partial charge in [0.25, 0.3) is 0 Å². The van der Waals surface area contributed by atoms with E-state index >= 15 is 0 Å². The summed E-state index contributed by atoms with van der Waals surface area (Å²) >= 11 is 5.87. The van der Waals surface area contributed by atoms with E-state index in [1.165, 1.54) is 5.56 Å². The largest absolute Gasteiger partial charge is 0.494 e. The summed E-state index contributed by atoms with van der Waals surface area (Å²) in [6, 6.07) is 15.2. The molecule has 1 amide bonds. The molecule has 0 saturated carbocycles. The topological polar surface area (TPSA) is 38.3 Å². The van der Waals surface area contributed by atoms with Crippen molar-refractivity contribution in [2.75, 3.05) is 11.9 Å². The molecule has 1 N–H and O–H groups in total. The van der Waals surface area contributed by atoms with Crippen molar-refractivity contribution >= 4 is 23.2 Å². The Kier molecular flexibility index (Phi) is 6.28. The van der Waals surface area contributed by atoms with Gasteiger partial charge in [0.2, 0.25) is 5.91 Å². The Morgan fingerprint density at radius 3 is 2.64 bits per heavy atom. The van der Waals surface area contributed by atoms with Gasteiger partial charge in [0, 0.05) is 17.1 Å². The van der Waals surface area contributed by atoms with Crippen LogP contribution < -0.4 is 10.1 Å². The molecular weight excluding hydrogens is 298 g/mol. The molecule has 22 heavy (non-hydrogen) atoms. The van der Waals surface area contributed by atoms with Gasteiger partial charge in [-0.25, -0.2) is 0 Å². The number of amides is 1. The fourth-order valence-corrected chi connectivity index (χ4v) is 2.22. The molecule has 116 valence electrons. The average molecular weight is 318 g/mol. The second-order valence-electron chi connectivity index (χ2n) is 5.01. The van der Waals surface area contributed by atoms with Crippen molar-refractivity contribution in [1.82, 2.24) is 0 Å². The van der Waals surface area contributed by atoms with Crippen LogP contribution in [0.1, 0.15) is 25.3 Å². The van der Waals surface area contributed by atoms with Crippen LogP contribution >= 0.6 is 11.6 Å². The predicted molar refractivity (Wildman–Crippen MR) is 90.6 cm³/mol. The fourth-order valence-electron chi connectivity index (χ4n) is 2.03. The zero-order chi connectivity index (χ0) is 15.8. The quantitative estimate of drug-likeness (QED) is 0.752. The van der Waals surface area contributed by atoms with Gasteiger partial charge in [-0.3, -0.25) is 4.79 Å². The molecule has 0 aliphatic carbocycles. The molecule has 2 aromatic carbocycles. The number of ether oxygens (including phenoxy) is 1. The first-order valence-electron chi connectivity index (χ1n) is 7.44. The molecule has 0 saturated heterocycles. The Labute approximate surface area is 136 Å². The molecule has 0 radical (unpaired) electrons. The molecular formula is C18H20ClNO2. The lowest BCUT2D eigenvalue weighted by Crippen LogP contribution is -2.12. The minimum absolute atomic E-state index is 0.0350. The summed E-state index contributed by atoms with van der Waals surface area (Å²) in [5.74, 6) is 0.805. The molecule has 0 spiro atoms. The lowest BCUT2D eigenvalue weighted by molar-refractivity contribution is -0.116. The highest BCUT2D eigenvalue weighted by atomic mass is 35.5.